The fraction of sp³-hybridized carbons (Fsp3) is 0.727. The van der Waals surface area contributed by atoms with Crippen LogP contribution in [0, 0.1) is 22.7 Å². The Bertz CT molecular complexity index is 286. The maximum absolute atomic E-state index is 11.9. The van der Waals surface area contributed by atoms with Gasteiger partial charge in [0, 0.05) is 26.2 Å². The van der Waals surface area contributed by atoms with Crippen molar-refractivity contribution >= 4 is 5.91 Å². The Morgan fingerprint density at radius 1 is 1.18 bits per heavy atom. The lowest BCUT2D eigenvalue weighted by Gasteiger charge is -2.23. The predicted molar refractivity (Wildman–Crippen MR) is 63.6 cm³/mol. The van der Waals surface area contributed by atoms with E-state index < -0.39 is 0 Å². The highest BCUT2D eigenvalue weighted by Gasteiger charge is 2.14. The van der Waals surface area contributed by atoms with Crippen LogP contribution in [0.3, 0.4) is 0 Å². The zero-order valence-corrected chi connectivity index (χ0v) is 10.2. The van der Waals surface area contributed by atoms with E-state index in [1.165, 1.54) is 0 Å². The molecule has 0 unspecified atom stereocenters. The van der Waals surface area contributed by atoms with E-state index in [0.29, 0.717) is 26.2 Å². The van der Waals surface area contributed by atoms with Gasteiger partial charge in [-0.15, -0.1) is 0 Å². The first kappa shape index (κ1) is 15.4. The van der Waals surface area contributed by atoms with Crippen molar-refractivity contribution in [1.29, 1.82) is 10.5 Å². The Morgan fingerprint density at radius 2 is 1.71 bits per heavy atom. The first-order valence-corrected chi connectivity index (χ1v) is 5.56. The molecule has 0 saturated carbocycles. The molecule has 0 atom stereocenters. The summed E-state index contributed by atoms with van der Waals surface area (Å²) in [6.45, 7) is 2.19. The second-order valence-corrected chi connectivity index (χ2v) is 3.72. The quantitative estimate of drug-likeness (QED) is 0.615. The summed E-state index contributed by atoms with van der Waals surface area (Å²) in [6, 6.07) is 4.00. The Morgan fingerprint density at radius 3 is 2.12 bits per heavy atom. The molecule has 17 heavy (non-hydrogen) atoms. The van der Waals surface area contributed by atoms with Crippen LogP contribution in [-0.2, 0) is 4.79 Å². The van der Waals surface area contributed by atoms with Crippen molar-refractivity contribution in [2.75, 3.05) is 39.8 Å². The number of rotatable bonds is 8. The molecule has 0 aromatic heterocycles. The molecule has 0 aliphatic rings. The van der Waals surface area contributed by atoms with E-state index in [4.69, 9.17) is 16.3 Å². The number of carbonyl (C=O) groups excluding carboxylic acids is 1. The van der Waals surface area contributed by atoms with Gasteiger partial charge in [-0.3, -0.25) is 9.69 Å². The number of nitrogens with zero attached hydrogens (tertiary/aromatic N) is 4. The minimum absolute atomic E-state index is 0.0635. The van der Waals surface area contributed by atoms with Crippen LogP contribution in [-0.4, -0.2) is 55.5 Å². The SMILES string of the molecule is CN(CCN)CC(=O)N(CCC#N)CCC#N. The van der Waals surface area contributed by atoms with E-state index in [9.17, 15) is 4.79 Å². The van der Waals surface area contributed by atoms with Crippen molar-refractivity contribution in [2.45, 2.75) is 12.8 Å². The molecule has 0 fully saturated rings. The summed E-state index contributed by atoms with van der Waals surface area (Å²) in [7, 11) is 1.82. The third kappa shape index (κ3) is 7.29. The maximum atomic E-state index is 11.9. The van der Waals surface area contributed by atoms with Crippen LogP contribution in [0.4, 0.5) is 0 Å². The number of carbonyl (C=O) groups is 1. The molecule has 0 bridgehead atoms. The Hall–Kier alpha value is -1.63. The Kier molecular flexibility index (Phi) is 8.67. The molecule has 2 N–H and O–H groups in total. The minimum Gasteiger partial charge on any atom is -0.340 e. The van der Waals surface area contributed by atoms with Gasteiger partial charge in [-0.05, 0) is 7.05 Å². The van der Waals surface area contributed by atoms with E-state index in [1.807, 2.05) is 24.1 Å². The first-order valence-electron chi connectivity index (χ1n) is 5.56. The molecule has 0 spiro atoms. The number of nitriles is 2. The highest BCUT2D eigenvalue weighted by atomic mass is 16.2. The van der Waals surface area contributed by atoms with E-state index in [0.717, 1.165) is 0 Å². The number of likely N-dealkylation sites (N-methyl/N-ethyl adjacent to an activating group) is 1. The van der Waals surface area contributed by atoms with Crippen molar-refractivity contribution in [3.05, 3.63) is 0 Å². The smallest absolute Gasteiger partial charge is 0.236 e. The van der Waals surface area contributed by atoms with Gasteiger partial charge in [0.05, 0.1) is 31.5 Å². The number of hydrogen-bond donors (Lipinski definition) is 1. The van der Waals surface area contributed by atoms with Crippen LogP contribution < -0.4 is 5.73 Å². The van der Waals surface area contributed by atoms with Crippen molar-refractivity contribution in [2.24, 2.45) is 5.73 Å². The third-order valence-corrected chi connectivity index (χ3v) is 2.26. The standard InChI is InChI=1S/C11H19N5O/c1-15(9-6-14)10-11(17)16(7-2-4-12)8-3-5-13/h2-3,6-10,14H2,1H3. The molecule has 94 valence electrons. The molecule has 0 aromatic rings. The average Bonchev–Trinajstić information content (AvgIpc) is 2.29. The summed E-state index contributed by atoms with van der Waals surface area (Å²) in [5.41, 5.74) is 5.39. The molecular formula is C11H19N5O. The number of hydrogen-bond acceptors (Lipinski definition) is 5. The van der Waals surface area contributed by atoms with Gasteiger partial charge in [-0.25, -0.2) is 0 Å². The van der Waals surface area contributed by atoms with E-state index in [2.05, 4.69) is 0 Å². The summed E-state index contributed by atoms with van der Waals surface area (Å²) in [5.74, 6) is -0.0635. The molecule has 0 rings (SSSR count). The van der Waals surface area contributed by atoms with Crippen molar-refractivity contribution < 1.29 is 4.79 Å². The van der Waals surface area contributed by atoms with Crippen LogP contribution in [0.2, 0.25) is 0 Å². The molecule has 0 saturated heterocycles. The molecule has 0 aliphatic heterocycles. The third-order valence-electron chi connectivity index (χ3n) is 2.26. The van der Waals surface area contributed by atoms with Gasteiger partial charge >= 0.3 is 0 Å². The van der Waals surface area contributed by atoms with Gasteiger partial charge in [0.25, 0.3) is 0 Å². The minimum atomic E-state index is -0.0635. The van der Waals surface area contributed by atoms with E-state index in [-0.39, 0.29) is 25.3 Å². The topological polar surface area (TPSA) is 97.2 Å². The summed E-state index contributed by atoms with van der Waals surface area (Å²) in [5, 5.41) is 17.0. The second kappa shape index (κ2) is 9.59. The molecular weight excluding hydrogens is 218 g/mol. The van der Waals surface area contributed by atoms with Crippen molar-refractivity contribution in [3.63, 3.8) is 0 Å². The fourth-order valence-electron chi connectivity index (χ4n) is 1.36. The molecule has 1 amide bonds. The predicted octanol–water partition coefficient (Wildman–Crippen LogP) is -0.467. The fourth-order valence-corrected chi connectivity index (χ4v) is 1.36. The zero-order chi connectivity index (χ0) is 13.1. The van der Waals surface area contributed by atoms with Crippen molar-refractivity contribution in [3.8, 4) is 12.1 Å². The van der Waals surface area contributed by atoms with Crippen LogP contribution in [0.1, 0.15) is 12.8 Å². The molecule has 0 aromatic carbocycles. The van der Waals surface area contributed by atoms with Gasteiger partial charge in [0.15, 0.2) is 0 Å². The van der Waals surface area contributed by atoms with Crippen LogP contribution >= 0.6 is 0 Å². The highest BCUT2D eigenvalue weighted by Crippen LogP contribution is 1.97. The van der Waals surface area contributed by atoms with Crippen LogP contribution in [0.5, 0.6) is 0 Å². The Balaban J connectivity index is 4.21. The molecule has 0 radical (unpaired) electrons. The van der Waals surface area contributed by atoms with Gasteiger partial charge in [0.2, 0.25) is 5.91 Å². The zero-order valence-electron chi connectivity index (χ0n) is 10.2. The van der Waals surface area contributed by atoms with Gasteiger partial charge in [-0.2, -0.15) is 10.5 Å². The average molecular weight is 237 g/mol. The van der Waals surface area contributed by atoms with Gasteiger partial charge < -0.3 is 10.6 Å². The molecule has 6 heteroatoms. The molecule has 6 nitrogen and oxygen atoms in total. The van der Waals surface area contributed by atoms with Gasteiger partial charge in [-0.1, -0.05) is 0 Å². The van der Waals surface area contributed by atoms with E-state index in [1.54, 1.807) is 4.90 Å². The lowest BCUT2D eigenvalue weighted by Crippen LogP contribution is -2.41. The normalized spacial score (nSPS) is 9.71. The number of amides is 1. The summed E-state index contributed by atoms with van der Waals surface area (Å²) < 4.78 is 0. The summed E-state index contributed by atoms with van der Waals surface area (Å²) in [4.78, 5) is 15.2. The van der Waals surface area contributed by atoms with Crippen LogP contribution in [0.15, 0.2) is 0 Å². The number of nitrogens with two attached hydrogens (primary N) is 1. The van der Waals surface area contributed by atoms with Crippen LogP contribution in [0.25, 0.3) is 0 Å². The largest absolute Gasteiger partial charge is 0.340 e. The van der Waals surface area contributed by atoms with Gasteiger partial charge in [0.1, 0.15) is 0 Å². The highest BCUT2D eigenvalue weighted by molar-refractivity contribution is 5.78. The molecule has 0 heterocycles. The monoisotopic (exact) mass is 237 g/mol. The summed E-state index contributed by atoms with van der Waals surface area (Å²) in [6.07, 6.45) is 0.579. The molecule has 0 aliphatic carbocycles. The van der Waals surface area contributed by atoms with E-state index >= 15 is 0 Å². The van der Waals surface area contributed by atoms with Crippen molar-refractivity contribution in [1.82, 2.24) is 9.80 Å². The maximum Gasteiger partial charge on any atom is 0.236 e. The second-order valence-electron chi connectivity index (χ2n) is 3.72. The first-order chi connectivity index (χ1) is 8.15. The summed E-state index contributed by atoms with van der Waals surface area (Å²) >= 11 is 0. The Labute approximate surface area is 102 Å². The lowest BCUT2D eigenvalue weighted by molar-refractivity contribution is -0.132. The lowest BCUT2D eigenvalue weighted by atomic mass is 10.3.